The molecule has 1 aliphatic rings. The van der Waals surface area contributed by atoms with Crippen LogP contribution in [0.25, 0.3) is 27.7 Å². The fraction of sp³-hybridized carbons (Fsp3) is 0.455. The predicted molar refractivity (Wildman–Crippen MR) is 119 cm³/mol. The lowest BCUT2D eigenvalue weighted by Crippen LogP contribution is -2.36. The van der Waals surface area contributed by atoms with Crippen LogP contribution in [0.15, 0.2) is 30.5 Å². The van der Waals surface area contributed by atoms with Gasteiger partial charge in [0.15, 0.2) is 0 Å². The molecule has 1 fully saturated rings. The lowest BCUT2D eigenvalue weighted by atomic mass is 9.84. The van der Waals surface area contributed by atoms with E-state index in [1.807, 2.05) is 37.4 Å². The van der Waals surface area contributed by atoms with Crippen LogP contribution in [0.1, 0.15) is 32.6 Å². The summed E-state index contributed by atoms with van der Waals surface area (Å²) in [5.41, 5.74) is 3.45. The van der Waals surface area contributed by atoms with Crippen molar-refractivity contribution in [3.63, 3.8) is 0 Å². The number of fused-ring (bicyclic) bond motifs is 2. The Bertz CT molecular complexity index is 1260. The maximum Gasteiger partial charge on any atom is 0.244 e. The molecule has 168 valence electrons. The number of halogens is 1. The molecule has 0 atom stereocenters. The molecule has 0 amide bonds. The van der Waals surface area contributed by atoms with E-state index < -0.39 is 12.3 Å². The normalized spacial score (nSPS) is 21.3. The zero-order valence-corrected chi connectivity index (χ0v) is 18.1. The summed E-state index contributed by atoms with van der Waals surface area (Å²) in [5, 5.41) is 26.3. The van der Waals surface area contributed by atoms with Crippen LogP contribution in [0.4, 0.5) is 10.3 Å². The first-order valence-electron chi connectivity index (χ1n) is 10.8. The number of nitrogens with zero attached hydrogens (tertiary/aromatic N) is 6. The molecule has 9 nitrogen and oxygen atoms in total. The third-order valence-corrected chi connectivity index (χ3v) is 6.19. The minimum absolute atomic E-state index is 0.161. The van der Waals surface area contributed by atoms with Crippen molar-refractivity contribution >= 4 is 22.5 Å². The molecule has 0 radical (unpaired) electrons. The van der Waals surface area contributed by atoms with E-state index in [2.05, 4.69) is 25.7 Å². The van der Waals surface area contributed by atoms with E-state index in [1.54, 1.807) is 16.3 Å². The fourth-order valence-corrected chi connectivity index (χ4v) is 4.37. The minimum Gasteiger partial charge on any atom is -0.479 e. The van der Waals surface area contributed by atoms with Gasteiger partial charge in [-0.25, -0.2) is 13.6 Å². The maximum atomic E-state index is 12.9. The van der Waals surface area contributed by atoms with Crippen LogP contribution in [-0.2, 0) is 6.54 Å². The Morgan fingerprint density at radius 2 is 2.09 bits per heavy atom. The highest BCUT2D eigenvalue weighted by Crippen LogP contribution is 2.34. The second-order valence-corrected chi connectivity index (χ2v) is 8.59. The number of anilines is 1. The quantitative estimate of drug-likeness (QED) is 0.475. The summed E-state index contributed by atoms with van der Waals surface area (Å²) >= 11 is 0. The van der Waals surface area contributed by atoms with Crippen molar-refractivity contribution < 1.29 is 14.2 Å². The second-order valence-electron chi connectivity index (χ2n) is 8.59. The van der Waals surface area contributed by atoms with Crippen LogP contribution in [0, 0.1) is 0 Å². The van der Waals surface area contributed by atoms with Crippen molar-refractivity contribution in [2.24, 2.45) is 0 Å². The first kappa shape index (κ1) is 20.6. The number of aryl methyl sites for hydroxylation is 1. The molecule has 1 aliphatic carbocycles. The topological polar surface area (TPSA) is 102 Å². The van der Waals surface area contributed by atoms with Crippen LogP contribution >= 0.6 is 0 Å². The van der Waals surface area contributed by atoms with E-state index in [9.17, 15) is 9.50 Å². The van der Waals surface area contributed by atoms with E-state index in [4.69, 9.17) is 4.74 Å². The van der Waals surface area contributed by atoms with Gasteiger partial charge in [-0.05, 0) is 56.4 Å². The zero-order chi connectivity index (χ0) is 22.3. The SMILES string of the molecule is COc1nc(N[C@H]2CC[C@@](C)(O)CC2)nn2ccc(-c3ccc4nnn(CCF)c4c3)c12. The molecule has 32 heavy (non-hydrogen) atoms. The van der Waals surface area contributed by atoms with Gasteiger partial charge in [-0.2, -0.15) is 4.98 Å². The minimum atomic E-state index is -0.591. The molecule has 0 saturated heterocycles. The molecule has 0 aliphatic heterocycles. The number of aliphatic hydroxyl groups is 1. The molecule has 3 heterocycles. The Morgan fingerprint density at radius 1 is 1.28 bits per heavy atom. The van der Waals surface area contributed by atoms with Crippen molar-refractivity contribution in [3.05, 3.63) is 30.5 Å². The average molecular weight is 439 g/mol. The monoisotopic (exact) mass is 439 g/mol. The molecule has 0 bridgehead atoms. The van der Waals surface area contributed by atoms with E-state index in [0.717, 1.165) is 47.8 Å². The van der Waals surface area contributed by atoms with Crippen LogP contribution in [-0.4, -0.2) is 60.1 Å². The van der Waals surface area contributed by atoms with Crippen molar-refractivity contribution in [1.82, 2.24) is 29.6 Å². The van der Waals surface area contributed by atoms with Crippen LogP contribution in [0.2, 0.25) is 0 Å². The Kier molecular flexibility index (Phi) is 5.16. The highest BCUT2D eigenvalue weighted by Gasteiger charge is 2.29. The lowest BCUT2D eigenvalue weighted by molar-refractivity contribution is 0.0195. The van der Waals surface area contributed by atoms with Crippen molar-refractivity contribution in [2.75, 3.05) is 19.1 Å². The van der Waals surface area contributed by atoms with Gasteiger partial charge in [0.1, 0.15) is 17.7 Å². The van der Waals surface area contributed by atoms with Gasteiger partial charge in [0.05, 0.1) is 24.8 Å². The zero-order valence-electron chi connectivity index (χ0n) is 18.1. The number of ether oxygens (including phenoxy) is 1. The Balaban J connectivity index is 1.49. The van der Waals surface area contributed by atoms with Gasteiger partial charge >= 0.3 is 0 Å². The van der Waals surface area contributed by atoms with Gasteiger partial charge in [-0.15, -0.1) is 10.2 Å². The Labute approximate surface area is 184 Å². The van der Waals surface area contributed by atoms with Crippen LogP contribution in [0.5, 0.6) is 5.88 Å². The molecule has 4 aromatic rings. The molecule has 2 N–H and O–H groups in total. The molecule has 0 unspecified atom stereocenters. The predicted octanol–water partition coefficient (Wildman–Crippen LogP) is 3.22. The third-order valence-electron chi connectivity index (χ3n) is 6.19. The molecular formula is C22H26FN7O2. The molecule has 1 saturated carbocycles. The fourth-order valence-electron chi connectivity index (χ4n) is 4.37. The van der Waals surface area contributed by atoms with E-state index >= 15 is 0 Å². The van der Waals surface area contributed by atoms with Gasteiger partial charge in [-0.1, -0.05) is 11.3 Å². The highest BCUT2D eigenvalue weighted by atomic mass is 19.1. The number of rotatable bonds is 6. The number of aromatic nitrogens is 6. The summed E-state index contributed by atoms with van der Waals surface area (Å²) in [6, 6.07) is 7.93. The number of benzene rings is 1. The molecule has 5 rings (SSSR count). The van der Waals surface area contributed by atoms with Gasteiger partial charge in [0, 0.05) is 17.8 Å². The number of methoxy groups -OCH3 is 1. The first-order valence-corrected chi connectivity index (χ1v) is 10.8. The Morgan fingerprint density at radius 3 is 2.84 bits per heavy atom. The van der Waals surface area contributed by atoms with E-state index in [-0.39, 0.29) is 12.6 Å². The van der Waals surface area contributed by atoms with Gasteiger partial charge < -0.3 is 15.2 Å². The summed E-state index contributed by atoms with van der Waals surface area (Å²) in [7, 11) is 1.59. The summed E-state index contributed by atoms with van der Waals surface area (Å²) in [5.74, 6) is 0.949. The van der Waals surface area contributed by atoms with Gasteiger partial charge in [0.25, 0.3) is 0 Å². The van der Waals surface area contributed by atoms with Crippen LogP contribution in [0.3, 0.4) is 0 Å². The summed E-state index contributed by atoms with van der Waals surface area (Å²) in [6.45, 7) is 1.54. The van der Waals surface area contributed by atoms with E-state index in [1.165, 1.54) is 0 Å². The van der Waals surface area contributed by atoms with Crippen molar-refractivity contribution in [2.45, 2.75) is 50.8 Å². The third kappa shape index (κ3) is 3.75. The standard InChI is InChI=1S/C22H26FN7O2/c1-22(31)8-5-15(6-9-22)24-21-25-20(32-2)19-16(7-11-30(19)27-21)14-3-4-17-18(13-14)29(12-10-23)28-26-17/h3-4,7,11,13,15,31H,5-6,8-10,12H2,1-2H3,(H,24,27)/t15-,22+. The Hall–Kier alpha value is -3.27. The molecule has 10 heteroatoms. The lowest BCUT2D eigenvalue weighted by Gasteiger charge is -2.33. The number of alkyl halides is 1. The number of nitrogens with one attached hydrogen (secondary N) is 1. The highest BCUT2D eigenvalue weighted by molar-refractivity contribution is 5.89. The first-order chi connectivity index (χ1) is 15.5. The van der Waals surface area contributed by atoms with E-state index in [0.29, 0.717) is 17.3 Å². The largest absolute Gasteiger partial charge is 0.479 e. The molecule has 3 aromatic heterocycles. The number of hydrogen-bond acceptors (Lipinski definition) is 7. The van der Waals surface area contributed by atoms with Gasteiger partial charge in [0.2, 0.25) is 11.8 Å². The summed E-state index contributed by atoms with van der Waals surface area (Å²) in [4.78, 5) is 4.60. The number of hydrogen-bond donors (Lipinski definition) is 2. The summed E-state index contributed by atoms with van der Waals surface area (Å²) in [6.07, 6.45) is 5.07. The molecular weight excluding hydrogens is 413 g/mol. The van der Waals surface area contributed by atoms with Crippen molar-refractivity contribution in [1.29, 1.82) is 0 Å². The smallest absolute Gasteiger partial charge is 0.244 e. The van der Waals surface area contributed by atoms with Crippen molar-refractivity contribution in [3.8, 4) is 17.0 Å². The molecule has 1 aromatic carbocycles. The maximum absolute atomic E-state index is 12.9. The van der Waals surface area contributed by atoms with Crippen LogP contribution < -0.4 is 10.1 Å². The second kappa shape index (κ2) is 8.01. The average Bonchev–Trinajstić information content (AvgIpc) is 3.39. The van der Waals surface area contributed by atoms with Gasteiger partial charge in [-0.3, -0.25) is 0 Å². The molecule has 0 spiro atoms. The summed E-state index contributed by atoms with van der Waals surface area (Å²) < 4.78 is 21.8.